The summed E-state index contributed by atoms with van der Waals surface area (Å²) in [4.78, 5) is 7.21. The molecule has 0 fully saturated rings. The van der Waals surface area contributed by atoms with Crippen molar-refractivity contribution < 1.29 is 9.47 Å². The molecule has 0 saturated heterocycles. The van der Waals surface area contributed by atoms with Crippen molar-refractivity contribution in [3.8, 4) is 11.5 Å². The summed E-state index contributed by atoms with van der Waals surface area (Å²) in [7, 11) is 1.64. The van der Waals surface area contributed by atoms with E-state index in [1.54, 1.807) is 13.3 Å². The summed E-state index contributed by atoms with van der Waals surface area (Å²) >= 11 is 0. The molecule has 0 bridgehead atoms. The first-order valence-electron chi connectivity index (χ1n) is 5.05. The van der Waals surface area contributed by atoms with Crippen molar-refractivity contribution in [3.05, 3.63) is 42.0 Å². The average Bonchev–Trinajstić information content (AvgIpc) is 2.73. The molecule has 2 aromatic rings. The van der Waals surface area contributed by atoms with E-state index in [1.165, 1.54) is 0 Å². The number of rotatable bonds is 4. The van der Waals surface area contributed by atoms with Crippen LogP contribution in [0.1, 0.15) is 11.5 Å². The van der Waals surface area contributed by atoms with Gasteiger partial charge in [-0.25, -0.2) is 4.98 Å². The molecule has 0 saturated carbocycles. The van der Waals surface area contributed by atoms with Gasteiger partial charge in [-0.3, -0.25) is 0 Å². The minimum Gasteiger partial charge on any atom is -0.497 e. The molecule has 4 nitrogen and oxygen atoms in total. The number of nitrogens with zero attached hydrogens (tertiary/aromatic N) is 1. The highest BCUT2D eigenvalue weighted by Gasteiger charge is 1.99. The lowest BCUT2D eigenvalue weighted by molar-refractivity contribution is 0.299. The van der Waals surface area contributed by atoms with Crippen molar-refractivity contribution in [2.24, 2.45) is 0 Å². The van der Waals surface area contributed by atoms with Crippen LogP contribution in [0.2, 0.25) is 0 Å². The number of H-pyrrole nitrogens is 1. The van der Waals surface area contributed by atoms with Gasteiger partial charge in [0, 0.05) is 6.07 Å². The molecule has 16 heavy (non-hydrogen) atoms. The Kier molecular flexibility index (Phi) is 3.10. The zero-order chi connectivity index (χ0) is 11.4. The molecule has 1 heterocycles. The van der Waals surface area contributed by atoms with Gasteiger partial charge in [-0.15, -0.1) is 0 Å². The Morgan fingerprint density at radius 1 is 1.31 bits per heavy atom. The Labute approximate surface area is 94.2 Å². The molecular formula is C12H14N2O2. The maximum atomic E-state index is 5.60. The fraction of sp³-hybridized carbons (Fsp3) is 0.250. The molecule has 0 aliphatic heterocycles. The first-order chi connectivity index (χ1) is 7.78. The van der Waals surface area contributed by atoms with E-state index >= 15 is 0 Å². The standard InChI is InChI=1S/C12H14N2O2/c1-9-13-7-10(14-9)8-16-12-5-3-4-11(6-12)15-2/h3-7H,8H2,1-2H3,(H,13,14). The van der Waals surface area contributed by atoms with Crippen LogP contribution in [0.25, 0.3) is 0 Å². The van der Waals surface area contributed by atoms with Crippen LogP contribution in [0.5, 0.6) is 11.5 Å². The second-order valence-corrected chi connectivity index (χ2v) is 3.46. The number of aromatic nitrogens is 2. The molecule has 1 aromatic heterocycles. The fourth-order valence-corrected chi connectivity index (χ4v) is 1.40. The summed E-state index contributed by atoms with van der Waals surface area (Å²) in [5.74, 6) is 2.47. The summed E-state index contributed by atoms with van der Waals surface area (Å²) in [6.45, 7) is 2.39. The van der Waals surface area contributed by atoms with E-state index in [-0.39, 0.29) is 0 Å². The van der Waals surface area contributed by atoms with E-state index in [0.29, 0.717) is 6.61 Å². The smallest absolute Gasteiger partial charge is 0.130 e. The number of hydrogen-bond donors (Lipinski definition) is 1. The molecule has 0 amide bonds. The van der Waals surface area contributed by atoms with Crippen LogP contribution in [0.3, 0.4) is 0 Å². The Bertz CT molecular complexity index is 466. The van der Waals surface area contributed by atoms with Crippen LogP contribution in [-0.4, -0.2) is 17.1 Å². The molecular weight excluding hydrogens is 204 g/mol. The summed E-state index contributed by atoms with van der Waals surface area (Å²) in [6.07, 6.45) is 1.77. The SMILES string of the molecule is COc1cccc(OCc2cnc(C)[nH]2)c1. The highest BCUT2D eigenvalue weighted by Crippen LogP contribution is 2.19. The van der Waals surface area contributed by atoms with E-state index < -0.39 is 0 Å². The molecule has 0 spiro atoms. The molecule has 4 heteroatoms. The van der Waals surface area contributed by atoms with Crippen molar-refractivity contribution in [1.82, 2.24) is 9.97 Å². The van der Waals surface area contributed by atoms with Gasteiger partial charge >= 0.3 is 0 Å². The Morgan fingerprint density at radius 2 is 2.12 bits per heavy atom. The maximum Gasteiger partial charge on any atom is 0.130 e. The fourth-order valence-electron chi connectivity index (χ4n) is 1.40. The van der Waals surface area contributed by atoms with Crippen LogP contribution < -0.4 is 9.47 Å². The van der Waals surface area contributed by atoms with Gasteiger partial charge in [0.05, 0.1) is 19.0 Å². The number of hydrogen-bond acceptors (Lipinski definition) is 3. The number of aryl methyl sites for hydroxylation is 1. The lowest BCUT2D eigenvalue weighted by Gasteiger charge is -2.06. The third-order valence-corrected chi connectivity index (χ3v) is 2.19. The zero-order valence-corrected chi connectivity index (χ0v) is 9.36. The molecule has 1 N–H and O–H groups in total. The number of aromatic amines is 1. The Balaban J connectivity index is 1.99. The lowest BCUT2D eigenvalue weighted by Crippen LogP contribution is -1.96. The highest BCUT2D eigenvalue weighted by atomic mass is 16.5. The number of nitrogens with one attached hydrogen (secondary N) is 1. The quantitative estimate of drug-likeness (QED) is 0.856. The van der Waals surface area contributed by atoms with Crippen molar-refractivity contribution in [3.63, 3.8) is 0 Å². The summed E-state index contributed by atoms with van der Waals surface area (Å²) in [5, 5.41) is 0. The van der Waals surface area contributed by atoms with Crippen molar-refractivity contribution >= 4 is 0 Å². The monoisotopic (exact) mass is 218 g/mol. The molecule has 0 aliphatic rings. The molecule has 0 radical (unpaired) electrons. The molecule has 0 aliphatic carbocycles. The highest BCUT2D eigenvalue weighted by molar-refractivity contribution is 5.32. The Morgan fingerprint density at radius 3 is 2.81 bits per heavy atom. The van der Waals surface area contributed by atoms with Crippen LogP contribution in [0, 0.1) is 6.92 Å². The lowest BCUT2D eigenvalue weighted by atomic mass is 10.3. The molecule has 0 atom stereocenters. The predicted octanol–water partition coefficient (Wildman–Crippen LogP) is 2.31. The van der Waals surface area contributed by atoms with Gasteiger partial charge in [-0.2, -0.15) is 0 Å². The number of imidazole rings is 1. The minimum absolute atomic E-state index is 0.480. The van der Waals surface area contributed by atoms with Gasteiger partial charge in [0.15, 0.2) is 0 Å². The number of ether oxygens (including phenoxy) is 2. The van der Waals surface area contributed by atoms with Crippen LogP contribution in [0.15, 0.2) is 30.5 Å². The van der Waals surface area contributed by atoms with E-state index in [1.807, 2.05) is 31.2 Å². The second-order valence-electron chi connectivity index (χ2n) is 3.46. The first kappa shape index (κ1) is 10.5. The third-order valence-electron chi connectivity index (χ3n) is 2.19. The van der Waals surface area contributed by atoms with Crippen molar-refractivity contribution in [1.29, 1.82) is 0 Å². The summed E-state index contributed by atoms with van der Waals surface area (Å²) < 4.78 is 10.7. The van der Waals surface area contributed by atoms with Gasteiger partial charge in [-0.05, 0) is 19.1 Å². The summed E-state index contributed by atoms with van der Waals surface area (Å²) in [5.41, 5.74) is 0.959. The number of benzene rings is 1. The first-order valence-corrected chi connectivity index (χ1v) is 5.05. The average molecular weight is 218 g/mol. The maximum absolute atomic E-state index is 5.60. The van der Waals surface area contributed by atoms with Gasteiger partial charge in [0.2, 0.25) is 0 Å². The topological polar surface area (TPSA) is 47.1 Å². The molecule has 0 unspecified atom stereocenters. The Hall–Kier alpha value is -1.97. The van der Waals surface area contributed by atoms with Crippen molar-refractivity contribution in [2.45, 2.75) is 13.5 Å². The normalized spacial score (nSPS) is 10.1. The van der Waals surface area contributed by atoms with Gasteiger partial charge in [0.25, 0.3) is 0 Å². The minimum atomic E-state index is 0.480. The van der Waals surface area contributed by atoms with E-state index in [2.05, 4.69) is 9.97 Å². The molecule has 2 rings (SSSR count). The zero-order valence-electron chi connectivity index (χ0n) is 9.36. The van der Waals surface area contributed by atoms with Crippen LogP contribution >= 0.6 is 0 Å². The van der Waals surface area contributed by atoms with E-state index in [0.717, 1.165) is 23.0 Å². The third kappa shape index (κ3) is 2.53. The second kappa shape index (κ2) is 4.70. The van der Waals surface area contributed by atoms with Gasteiger partial charge in [-0.1, -0.05) is 6.07 Å². The van der Waals surface area contributed by atoms with Gasteiger partial charge in [0.1, 0.15) is 23.9 Å². The predicted molar refractivity (Wildman–Crippen MR) is 60.7 cm³/mol. The van der Waals surface area contributed by atoms with E-state index in [9.17, 15) is 0 Å². The van der Waals surface area contributed by atoms with Gasteiger partial charge < -0.3 is 14.5 Å². The largest absolute Gasteiger partial charge is 0.497 e. The summed E-state index contributed by atoms with van der Waals surface area (Å²) in [6, 6.07) is 7.52. The molecule has 1 aromatic carbocycles. The van der Waals surface area contributed by atoms with E-state index in [4.69, 9.17) is 9.47 Å². The van der Waals surface area contributed by atoms with Crippen LogP contribution in [-0.2, 0) is 6.61 Å². The molecule has 84 valence electrons. The van der Waals surface area contributed by atoms with Crippen LogP contribution in [0.4, 0.5) is 0 Å². The van der Waals surface area contributed by atoms with Crippen molar-refractivity contribution in [2.75, 3.05) is 7.11 Å². The number of methoxy groups -OCH3 is 1.